The van der Waals surface area contributed by atoms with Crippen LogP contribution in [0.3, 0.4) is 0 Å². The van der Waals surface area contributed by atoms with Gasteiger partial charge in [-0.15, -0.1) is 0 Å². The first-order valence-corrected chi connectivity index (χ1v) is 16.2. The van der Waals surface area contributed by atoms with Crippen molar-refractivity contribution >= 4 is 41.5 Å². The SMILES string of the molecule is CC(=O)Nc1[n-]c(C=C2N=C(N=C(C)O)C(C(=O)OC3C(C)CC(C)CC3C)=C2C)c(C)c1C(=O)OC1C(C)CC(C)CC1C.[Co]. The number of carbonyl (C=O) groups excluding carboxylic acids is 3. The van der Waals surface area contributed by atoms with Crippen LogP contribution >= 0.6 is 0 Å². The summed E-state index contributed by atoms with van der Waals surface area (Å²) in [5.41, 5.74) is 2.17. The van der Waals surface area contributed by atoms with Crippen molar-refractivity contribution in [3.05, 3.63) is 33.7 Å². The van der Waals surface area contributed by atoms with Crippen molar-refractivity contribution in [1.82, 2.24) is 4.98 Å². The number of amidine groups is 1. The van der Waals surface area contributed by atoms with E-state index in [1.165, 1.54) is 13.8 Å². The number of aliphatic hydroxyl groups is 1. The molecule has 10 nitrogen and oxygen atoms in total. The van der Waals surface area contributed by atoms with Gasteiger partial charge in [0.05, 0.1) is 11.3 Å². The Morgan fingerprint density at radius 1 is 0.870 bits per heavy atom. The van der Waals surface area contributed by atoms with Crippen molar-refractivity contribution in [3.63, 3.8) is 0 Å². The fraction of sp³-hybridized carbons (Fsp3) is 0.629. The predicted molar refractivity (Wildman–Crippen MR) is 175 cm³/mol. The van der Waals surface area contributed by atoms with Gasteiger partial charge in [-0.05, 0) is 111 Å². The molecular weight excluding hydrogens is 631 g/mol. The van der Waals surface area contributed by atoms with Crippen molar-refractivity contribution in [2.24, 2.45) is 45.5 Å². The van der Waals surface area contributed by atoms with Crippen LogP contribution in [0.2, 0.25) is 0 Å². The third kappa shape index (κ3) is 8.20. The van der Waals surface area contributed by atoms with Crippen LogP contribution in [-0.4, -0.2) is 46.9 Å². The summed E-state index contributed by atoms with van der Waals surface area (Å²) in [6.07, 6.45) is 5.06. The quantitative estimate of drug-likeness (QED) is 0.191. The number of amides is 1. The molecule has 2 saturated carbocycles. The van der Waals surface area contributed by atoms with Crippen LogP contribution in [-0.2, 0) is 35.8 Å². The summed E-state index contributed by atoms with van der Waals surface area (Å²) >= 11 is 0. The molecule has 4 atom stereocenters. The van der Waals surface area contributed by atoms with Crippen molar-refractivity contribution in [2.45, 2.75) is 107 Å². The standard InChI is InChI=1S/C35H50N4O6.Co/c1-16-11-18(3)30(19(4)12-16)44-34(42)28-22(7)26(38-32(28)36-24(9)40)15-27-23(8)29(33(39-27)37-25(10)41)35(43)45-31-20(5)13-17(2)14-21(31)6;/h15-21,30-31H,11-14H2,1-10H3,(H3,36,37,38,39,40,41,42,43);/p-1. The molecule has 11 heteroatoms. The number of anilines is 1. The summed E-state index contributed by atoms with van der Waals surface area (Å²) < 4.78 is 12.1. The van der Waals surface area contributed by atoms with Gasteiger partial charge in [0.2, 0.25) is 0 Å². The van der Waals surface area contributed by atoms with Crippen LogP contribution in [0.15, 0.2) is 26.8 Å². The van der Waals surface area contributed by atoms with E-state index in [-0.39, 0.29) is 87.3 Å². The second-order valence-electron chi connectivity index (χ2n) is 14.0. The zero-order valence-corrected chi connectivity index (χ0v) is 29.7. The van der Waals surface area contributed by atoms with Gasteiger partial charge in [0.25, 0.3) is 0 Å². The van der Waals surface area contributed by atoms with Crippen LogP contribution in [0.25, 0.3) is 6.08 Å². The van der Waals surface area contributed by atoms with Crippen LogP contribution in [0.5, 0.6) is 0 Å². The fourth-order valence-electron chi connectivity index (χ4n) is 7.73. The summed E-state index contributed by atoms with van der Waals surface area (Å²) in [5, 5.41) is 12.7. The zero-order valence-electron chi connectivity index (χ0n) is 28.7. The Morgan fingerprint density at radius 2 is 1.35 bits per heavy atom. The molecule has 1 aromatic heterocycles. The fourth-order valence-corrected chi connectivity index (χ4v) is 7.73. The third-order valence-electron chi connectivity index (χ3n) is 9.51. The number of aromatic nitrogens is 1. The number of hydrogen-bond donors (Lipinski definition) is 2. The van der Waals surface area contributed by atoms with Gasteiger partial charge in [-0.1, -0.05) is 41.5 Å². The predicted octanol–water partition coefficient (Wildman–Crippen LogP) is 6.80. The van der Waals surface area contributed by atoms with E-state index in [4.69, 9.17) is 9.47 Å². The second kappa shape index (κ2) is 15.1. The number of aliphatic imine (C=N–C) groups is 2. The number of allylic oxidation sites excluding steroid dienone is 1. The van der Waals surface area contributed by atoms with E-state index in [1.54, 1.807) is 19.9 Å². The van der Waals surface area contributed by atoms with E-state index < -0.39 is 11.9 Å². The van der Waals surface area contributed by atoms with Gasteiger partial charge in [0.15, 0.2) is 11.7 Å². The van der Waals surface area contributed by atoms with Crippen LogP contribution in [0.4, 0.5) is 5.82 Å². The van der Waals surface area contributed by atoms with Gasteiger partial charge >= 0.3 is 11.9 Å². The van der Waals surface area contributed by atoms with Gasteiger partial charge in [-0.3, -0.25) is 4.79 Å². The van der Waals surface area contributed by atoms with Gasteiger partial charge < -0.3 is 24.9 Å². The maximum Gasteiger partial charge on any atom is 0.342 e. The maximum atomic E-state index is 13.6. The topological polar surface area (TPSA) is 141 Å². The molecule has 0 saturated heterocycles. The molecule has 0 bridgehead atoms. The number of nitrogens with one attached hydrogen (secondary N) is 1. The number of carbonyl (C=O) groups is 3. The first-order valence-electron chi connectivity index (χ1n) is 16.2. The molecular formula is C35H49CoN4O6-. The molecule has 1 amide bonds. The van der Waals surface area contributed by atoms with E-state index in [2.05, 4.69) is 61.8 Å². The summed E-state index contributed by atoms with van der Waals surface area (Å²) in [6, 6.07) is 0. The molecule has 3 aliphatic rings. The smallest absolute Gasteiger partial charge is 0.342 e. The van der Waals surface area contributed by atoms with Gasteiger partial charge in [0, 0.05) is 23.7 Å². The van der Waals surface area contributed by atoms with Gasteiger partial charge in [-0.25, -0.2) is 14.6 Å². The third-order valence-corrected chi connectivity index (χ3v) is 9.51. The number of hydrogen-bond acceptors (Lipinski definition) is 7. The van der Waals surface area contributed by atoms with E-state index >= 15 is 0 Å². The van der Waals surface area contributed by atoms with Crippen LogP contribution in [0, 0.1) is 42.4 Å². The molecule has 2 aliphatic carbocycles. The van der Waals surface area contributed by atoms with Crippen LogP contribution in [0.1, 0.15) is 110 Å². The van der Waals surface area contributed by atoms with Gasteiger partial charge in [0.1, 0.15) is 23.7 Å². The Kier molecular flexibility index (Phi) is 12.3. The van der Waals surface area contributed by atoms with E-state index in [0.717, 1.165) is 25.7 Å². The molecule has 2 N–H and O–H groups in total. The summed E-state index contributed by atoms with van der Waals surface area (Å²) in [6.45, 7) is 19.1. The molecule has 2 heterocycles. The Morgan fingerprint density at radius 3 is 1.80 bits per heavy atom. The van der Waals surface area contributed by atoms with Crippen molar-refractivity contribution < 1.29 is 45.7 Å². The molecule has 4 unspecified atom stereocenters. The number of rotatable bonds is 6. The zero-order chi connectivity index (χ0) is 33.3. The summed E-state index contributed by atoms with van der Waals surface area (Å²) in [5.74, 6) is 0.416. The van der Waals surface area contributed by atoms with E-state index in [0.29, 0.717) is 34.4 Å². The largest absolute Gasteiger partial charge is 0.497 e. The first-order chi connectivity index (χ1) is 21.1. The van der Waals surface area contributed by atoms with Crippen molar-refractivity contribution in [1.29, 1.82) is 0 Å². The van der Waals surface area contributed by atoms with Crippen molar-refractivity contribution in [2.75, 3.05) is 5.32 Å². The Balaban J connectivity index is 0.00000576. The monoisotopic (exact) mass is 680 g/mol. The molecule has 0 spiro atoms. The van der Waals surface area contributed by atoms with E-state index in [1.807, 2.05) is 0 Å². The number of ether oxygens (including phenoxy) is 2. The average Bonchev–Trinajstić information content (AvgIpc) is 3.37. The molecule has 0 aromatic carbocycles. The molecule has 46 heavy (non-hydrogen) atoms. The Hall–Kier alpha value is -3.18. The molecule has 2 fully saturated rings. The molecule has 1 radical (unpaired) electrons. The van der Waals surface area contributed by atoms with Crippen LogP contribution < -0.4 is 10.3 Å². The number of esters is 2. The molecule has 1 aromatic rings. The average molecular weight is 681 g/mol. The normalized spacial score (nSPS) is 30.9. The molecule has 4 rings (SSSR count). The van der Waals surface area contributed by atoms with E-state index in [9.17, 15) is 19.5 Å². The minimum atomic E-state index is -0.543. The molecule has 255 valence electrons. The molecule has 1 aliphatic heterocycles. The van der Waals surface area contributed by atoms with Crippen molar-refractivity contribution in [3.8, 4) is 0 Å². The summed E-state index contributed by atoms with van der Waals surface area (Å²) in [4.78, 5) is 52.6. The first kappa shape index (κ1) is 37.3. The number of nitrogens with zero attached hydrogens (tertiary/aromatic N) is 3. The Bertz CT molecular complexity index is 1450. The Labute approximate surface area is 283 Å². The second-order valence-corrected chi connectivity index (χ2v) is 14.0. The summed E-state index contributed by atoms with van der Waals surface area (Å²) in [7, 11) is 0. The minimum Gasteiger partial charge on any atom is -0.497 e. The maximum absolute atomic E-state index is 13.6. The van der Waals surface area contributed by atoms with Gasteiger partial charge in [-0.2, -0.15) is 4.99 Å². The number of aliphatic hydroxyl groups excluding tert-OH is 1. The minimum absolute atomic E-state index is 0.